The summed E-state index contributed by atoms with van der Waals surface area (Å²) in [7, 11) is 0. The van der Waals surface area contributed by atoms with Crippen molar-refractivity contribution in [2.24, 2.45) is 29.1 Å². The van der Waals surface area contributed by atoms with E-state index >= 15 is 0 Å². The molecule has 0 aromatic rings. The van der Waals surface area contributed by atoms with E-state index in [1.165, 1.54) is 31.3 Å². The average molecular weight is 429 g/mol. The second kappa shape index (κ2) is 9.37. The number of hydrogen-bond acceptors (Lipinski definition) is 3. The minimum atomic E-state index is -0.684. The quantitative estimate of drug-likeness (QED) is 0.490. The molecule has 0 saturated heterocycles. The van der Waals surface area contributed by atoms with Crippen molar-refractivity contribution in [3.63, 3.8) is 0 Å². The van der Waals surface area contributed by atoms with E-state index in [1.807, 2.05) is 13.8 Å². The molecule has 0 aromatic carbocycles. The Balaban J connectivity index is 1.76. The third kappa shape index (κ3) is 5.26. The number of rotatable bonds is 5. The van der Waals surface area contributed by atoms with E-state index in [1.54, 1.807) is 0 Å². The first kappa shape index (κ1) is 24.5. The van der Waals surface area contributed by atoms with Crippen molar-refractivity contribution < 1.29 is 15.3 Å². The molecule has 3 N–H and O–H groups in total. The fourth-order valence-electron chi connectivity index (χ4n) is 6.32. The lowest BCUT2D eigenvalue weighted by atomic mass is 9.61. The lowest BCUT2D eigenvalue weighted by Crippen LogP contribution is -2.35. The van der Waals surface area contributed by atoms with E-state index in [0.717, 1.165) is 17.6 Å². The highest BCUT2D eigenvalue weighted by Crippen LogP contribution is 2.59. The van der Waals surface area contributed by atoms with E-state index in [4.69, 9.17) is 0 Å². The van der Waals surface area contributed by atoms with Gasteiger partial charge >= 0.3 is 0 Å². The summed E-state index contributed by atoms with van der Waals surface area (Å²) in [4.78, 5) is 0. The third-order valence-electron chi connectivity index (χ3n) is 8.75. The molecular formula is C28H44O3. The van der Waals surface area contributed by atoms with Crippen molar-refractivity contribution >= 4 is 0 Å². The van der Waals surface area contributed by atoms with Gasteiger partial charge in [0, 0.05) is 12.3 Å². The van der Waals surface area contributed by atoms with Crippen molar-refractivity contribution in [2.45, 2.75) is 97.4 Å². The first-order valence-electron chi connectivity index (χ1n) is 12.3. The Morgan fingerprint density at radius 2 is 1.84 bits per heavy atom. The van der Waals surface area contributed by atoms with Gasteiger partial charge in [-0.3, -0.25) is 0 Å². The van der Waals surface area contributed by atoms with Crippen molar-refractivity contribution in [3.05, 3.63) is 47.6 Å². The Kier molecular flexibility index (Phi) is 7.40. The monoisotopic (exact) mass is 428 g/mol. The number of aliphatic hydroxyl groups is 3. The van der Waals surface area contributed by atoms with Gasteiger partial charge in [0.25, 0.3) is 0 Å². The van der Waals surface area contributed by atoms with Crippen LogP contribution in [-0.2, 0) is 0 Å². The van der Waals surface area contributed by atoms with Crippen LogP contribution in [0.4, 0.5) is 0 Å². The van der Waals surface area contributed by atoms with Crippen molar-refractivity contribution in [3.8, 4) is 0 Å². The van der Waals surface area contributed by atoms with E-state index in [-0.39, 0.29) is 5.92 Å². The maximum absolute atomic E-state index is 10.3. The van der Waals surface area contributed by atoms with Gasteiger partial charge in [-0.25, -0.2) is 0 Å². The van der Waals surface area contributed by atoms with Crippen molar-refractivity contribution in [1.29, 1.82) is 0 Å². The van der Waals surface area contributed by atoms with Gasteiger partial charge in [0.2, 0.25) is 0 Å². The summed E-state index contributed by atoms with van der Waals surface area (Å²) in [5.74, 6) is 1.91. The standard InChI is InChI=1S/C28H44O3/c1-18(9-10-19(2)27(4,5)31)24-13-14-25-21(8-7-15-28(24,25)6)11-12-22-16-23(29)17-26(30)20(22)3/h9-12,18-19,23-26,29-31H,3,7-8,13-17H2,1-2,4-6H3/b10-9+,21-11?,22-12?/t18-,19+,23-,24-,25?,26-,28-/m1/s1. The first-order chi connectivity index (χ1) is 14.4. The zero-order chi connectivity index (χ0) is 23.0. The molecule has 3 aliphatic carbocycles. The smallest absolute Gasteiger partial charge is 0.0811 e. The zero-order valence-corrected chi connectivity index (χ0v) is 20.3. The van der Waals surface area contributed by atoms with E-state index in [0.29, 0.717) is 36.0 Å². The minimum Gasteiger partial charge on any atom is -0.393 e. The predicted molar refractivity (Wildman–Crippen MR) is 128 cm³/mol. The van der Waals surface area contributed by atoms with Gasteiger partial charge in [-0.2, -0.15) is 0 Å². The molecule has 0 amide bonds. The van der Waals surface area contributed by atoms with Crippen LogP contribution in [0.1, 0.15) is 79.6 Å². The summed E-state index contributed by atoms with van der Waals surface area (Å²) in [5, 5.41) is 30.4. The van der Waals surface area contributed by atoms with Gasteiger partial charge in [-0.1, -0.05) is 57.2 Å². The van der Waals surface area contributed by atoms with Crippen LogP contribution in [-0.4, -0.2) is 33.1 Å². The number of aliphatic hydroxyl groups excluding tert-OH is 2. The van der Waals surface area contributed by atoms with Gasteiger partial charge in [-0.05, 0) is 86.7 Å². The third-order valence-corrected chi connectivity index (χ3v) is 8.75. The van der Waals surface area contributed by atoms with Crippen LogP contribution in [0.3, 0.4) is 0 Å². The number of hydrogen-bond donors (Lipinski definition) is 3. The molecule has 3 nitrogen and oxygen atoms in total. The Morgan fingerprint density at radius 3 is 2.52 bits per heavy atom. The van der Waals surface area contributed by atoms with Gasteiger partial charge in [-0.15, -0.1) is 0 Å². The van der Waals surface area contributed by atoms with Crippen LogP contribution in [0.2, 0.25) is 0 Å². The van der Waals surface area contributed by atoms with Crippen molar-refractivity contribution in [1.82, 2.24) is 0 Å². The Hall–Kier alpha value is -1.16. The molecule has 0 radical (unpaired) electrons. The van der Waals surface area contributed by atoms with Crippen molar-refractivity contribution in [2.75, 3.05) is 0 Å². The highest BCUT2D eigenvalue weighted by molar-refractivity contribution is 5.38. The van der Waals surface area contributed by atoms with Gasteiger partial charge in [0.1, 0.15) is 0 Å². The molecule has 1 unspecified atom stereocenters. The van der Waals surface area contributed by atoms with Crippen LogP contribution in [0.25, 0.3) is 0 Å². The molecule has 3 rings (SSSR count). The van der Waals surface area contributed by atoms with E-state index < -0.39 is 17.8 Å². The molecule has 3 aliphatic rings. The molecule has 0 spiro atoms. The summed E-state index contributed by atoms with van der Waals surface area (Å²) in [6.45, 7) is 14.7. The minimum absolute atomic E-state index is 0.141. The molecule has 0 aromatic heterocycles. The summed E-state index contributed by atoms with van der Waals surface area (Å²) in [6.07, 6.45) is 15.0. The molecule has 0 aliphatic heterocycles. The average Bonchev–Trinajstić information content (AvgIpc) is 3.04. The predicted octanol–water partition coefficient (Wildman–Crippen LogP) is 5.73. The van der Waals surface area contributed by atoms with E-state index in [9.17, 15) is 15.3 Å². The Morgan fingerprint density at radius 1 is 1.13 bits per heavy atom. The van der Waals surface area contributed by atoms with Gasteiger partial charge < -0.3 is 15.3 Å². The number of fused-ring (bicyclic) bond motifs is 1. The summed E-state index contributed by atoms with van der Waals surface area (Å²) in [5.41, 5.74) is 2.93. The molecule has 0 bridgehead atoms. The summed E-state index contributed by atoms with van der Waals surface area (Å²) >= 11 is 0. The molecule has 7 atom stereocenters. The maximum atomic E-state index is 10.3. The zero-order valence-electron chi connectivity index (χ0n) is 20.3. The largest absolute Gasteiger partial charge is 0.393 e. The first-order valence-corrected chi connectivity index (χ1v) is 12.3. The lowest BCUT2D eigenvalue weighted by molar-refractivity contribution is 0.0436. The Bertz CT molecular complexity index is 753. The maximum Gasteiger partial charge on any atom is 0.0811 e. The van der Waals surface area contributed by atoms with Crippen LogP contribution < -0.4 is 0 Å². The van der Waals surface area contributed by atoms with Gasteiger partial charge in [0.15, 0.2) is 0 Å². The summed E-state index contributed by atoms with van der Waals surface area (Å²) in [6, 6.07) is 0. The highest BCUT2D eigenvalue weighted by atomic mass is 16.3. The molecule has 174 valence electrons. The van der Waals surface area contributed by atoms with Gasteiger partial charge in [0.05, 0.1) is 17.8 Å². The fourth-order valence-corrected chi connectivity index (χ4v) is 6.32. The Labute approximate surface area is 189 Å². The normalized spacial score (nSPS) is 39.3. The van der Waals surface area contributed by atoms with Crippen LogP contribution in [0.5, 0.6) is 0 Å². The summed E-state index contributed by atoms with van der Waals surface area (Å²) < 4.78 is 0. The highest BCUT2D eigenvalue weighted by Gasteiger charge is 2.50. The van der Waals surface area contributed by atoms with E-state index in [2.05, 4.69) is 51.7 Å². The molecule has 0 heterocycles. The second-order valence-corrected chi connectivity index (χ2v) is 11.4. The second-order valence-electron chi connectivity index (χ2n) is 11.4. The molecule has 31 heavy (non-hydrogen) atoms. The molecule has 3 heteroatoms. The molecule has 3 saturated carbocycles. The SMILES string of the molecule is C=C1C(=CC=C2CCC[C@@]3(C)C2CC[C@@H]3[C@H](C)/C=C/[C@H](C)C(C)(C)O)C[C@@H](O)C[C@H]1O. The molecule has 3 fully saturated rings. The lowest BCUT2D eigenvalue weighted by Gasteiger charge is -2.44. The van der Waals surface area contributed by atoms with Crippen LogP contribution in [0, 0.1) is 29.1 Å². The number of allylic oxidation sites excluding steroid dienone is 4. The van der Waals surface area contributed by atoms with Crippen LogP contribution in [0.15, 0.2) is 47.6 Å². The molecular weight excluding hydrogens is 384 g/mol. The topological polar surface area (TPSA) is 60.7 Å². The van der Waals surface area contributed by atoms with Crippen LogP contribution >= 0.6 is 0 Å². The fraction of sp³-hybridized carbons (Fsp3) is 0.714.